The molecule has 11 heteroatoms. The number of aromatic nitrogens is 3. The zero-order chi connectivity index (χ0) is 20.8. The van der Waals surface area contributed by atoms with Crippen molar-refractivity contribution in [2.75, 3.05) is 10.0 Å². The number of benzene rings is 1. The Labute approximate surface area is 175 Å². The smallest absolute Gasteiger partial charge is 0.273 e. The van der Waals surface area contributed by atoms with E-state index in [2.05, 4.69) is 20.0 Å². The normalized spacial score (nSPS) is 11.7. The van der Waals surface area contributed by atoms with E-state index in [4.69, 9.17) is 0 Å². The zero-order valence-electron chi connectivity index (χ0n) is 15.8. The lowest BCUT2D eigenvalue weighted by atomic mass is 10.1. The Morgan fingerprint density at radius 1 is 1.14 bits per heavy atom. The third-order valence-corrected chi connectivity index (χ3v) is 8.12. The molecule has 8 nitrogen and oxygen atoms in total. The van der Waals surface area contributed by atoms with Gasteiger partial charge in [0.15, 0.2) is 14.3 Å². The summed E-state index contributed by atoms with van der Waals surface area (Å²) >= 11 is 2.49. The zero-order valence-corrected chi connectivity index (χ0v) is 18.2. The first-order valence-corrected chi connectivity index (χ1v) is 11.7. The molecule has 2 N–H and O–H groups in total. The van der Waals surface area contributed by atoms with E-state index in [0.29, 0.717) is 11.4 Å². The molecule has 29 heavy (non-hydrogen) atoms. The van der Waals surface area contributed by atoms with Gasteiger partial charge in [-0.15, -0.1) is 11.3 Å². The molecular formula is C18H17N5O3S3. The Balaban J connectivity index is 1.56. The van der Waals surface area contributed by atoms with Crippen LogP contribution in [-0.2, 0) is 14.8 Å². The van der Waals surface area contributed by atoms with E-state index in [1.165, 1.54) is 6.92 Å². The van der Waals surface area contributed by atoms with E-state index in [-0.39, 0.29) is 15.2 Å². The van der Waals surface area contributed by atoms with Gasteiger partial charge in [-0.1, -0.05) is 23.5 Å². The molecule has 0 spiro atoms. The van der Waals surface area contributed by atoms with Crippen LogP contribution in [0, 0.1) is 13.8 Å². The molecule has 0 aliphatic heterocycles. The second-order valence-corrected chi connectivity index (χ2v) is 10.1. The molecule has 0 aliphatic rings. The summed E-state index contributed by atoms with van der Waals surface area (Å²) in [5.41, 5.74) is 3.60. The number of fused-ring (bicyclic) bond motifs is 1. The van der Waals surface area contributed by atoms with Crippen molar-refractivity contribution in [3.05, 3.63) is 47.2 Å². The van der Waals surface area contributed by atoms with Crippen LogP contribution in [0.2, 0.25) is 0 Å². The summed E-state index contributed by atoms with van der Waals surface area (Å²) in [6.45, 7) is 4.95. The number of thiazole rings is 2. The molecule has 0 fully saturated rings. The quantitative estimate of drug-likeness (QED) is 0.483. The largest absolute Gasteiger partial charge is 0.302 e. The predicted octanol–water partition coefficient (Wildman–Crippen LogP) is 3.90. The van der Waals surface area contributed by atoms with Gasteiger partial charge in [0.2, 0.25) is 5.91 Å². The summed E-state index contributed by atoms with van der Waals surface area (Å²) in [6.07, 6.45) is 1.96. The maximum atomic E-state index is 12.7. The van der Waals surface area contributed by atoms with Crippen LogP contribution in [-0.4, -0.2) is 28.7 Å². The lowest BCUT2D eigenvalue weighted by molar-refractivity contribution is -0.114. The lowest BCUT2D eigenvalue weighted by Crippen LogP contribution is -2.12. The highest BCUT2D eigenvalue weighted by Gasteiger charge is 2.22. The van der Waals surface area contributed by atoms with Crippen LogP contribution < -0.4 is 10.0 Å². The Morgan fingerprint density at radius 3 is 2.52 bits per heavy atom. The number of nitrogens with one attached hydrogen (secondary N) is 2. The number of rotatable bonds is 5. The molecule has 0 unspecified atom stereocenters. The maximum absolute atomic E-state index is 12.7. The number of hydrogen-bond acceptors (Lipinski definition) is 7. The van der Waals surface area contributed by atoms with Crippen LogP contribution in [0.15, 0.2) is 40.1 Å². The molecule has 4 rings (SSSR count). The molecule has 3 heterocycles. The summed E-state index contributed by atoms with van der Waals surface area (Å²) in [7, 11) is -3.82. The predicted molar refractivity (Wildman–Crippen MR) is 115 cm³/mol. The summed E-state index contributed by atoms with van der Waals surface area (Å²) in [6, 6.07) is 7.03. The molecular weight excluding hydrogens is 430 g/mol. The van der Waals surface area contributed by atoms with Crippen LogP contribution in [0.4, 0.5) is 10.8 Å². The topological polar surface area (TPSA) is 105 Å². The fraction of sp³-hybridized carbons (Fsp3) is 0.167. The van der Waals surface area contributed by atoms with Crippen LogP contribution >= 0.6 is 22.7 Å². The standard InChI is InChI=1S/C18H17N5O3S3/c1-10-9-27-18-21-15(8-23(10)18)13-4-6-14(7-5-13)22-29(25,26)16-11(2)19-17(28-16)20-12(3)24/h4-9,22H,1-3H3,(H,19,20,24). The van der Waals surface area contributed by atoms with E-state index < -0.39 is 10.0 Å². The van der Waals surface area contributed by atoms with Crippen LogP contribution in [0.5, 0.6) is 0 Å². The molecule has 3 aromatic heterocycles. The number of amides is 1. The molecule has 1 amide bonds. The number of nitrogens with zero attached hydrogens (tertiary/aromatic N) is 3. The summed E-state index contributed by atoms with van der Waals surface area (Å²) in [5, 5.41) is 4.80. The molecule has 0 saturated carbocycles. The monoisotopic (exact) mass is 447 g/mol. The molecule has 1 aromatic carbocycles. The summed E-state index contributed by atoms with van der Waals surface area (Å²) in [5.74, 6) is -0.305. The van der Waals surface area contributed by atoms with Crippen LogP contribution in [0.1, 0.15) is 18.3 Å². The van der Waals surface area contributed by atoms with Crippen molar-refractivity contribution in [3.8, 4) is 11.3 Å². The first-order valence-electron chi connectivity index (χ1n) is 8.54. The fourth-order valence-corrected chi connectivity index (χ4v) is 6.15. The molecule has 0 atom stereocenters. The number of imidazole rings is 1. The average molecular weight is 448 g/mol. The Bertz CT molecular complexity index is 1320. The number of sulfonamides is 1. The van der Waals surface area contributed by atoms with Gasteiger partial charge >= 0.3 is 0 Å². The fourth-order valence-electron chi connectivity index (χ4n) is 2.78. The van der Waals surface area contributed by atoms with Crippen LogP contribution in [0.25, 0.3) is 16.2 Å². The minimum atomic E-state index is -3.82. The third-order valence-electron chi connectivity index (χ3n) is 4.10. The van der Waals surface area contributed by atoms with Crippen molar-refractivity contribution in [1.29, 1.82) is 0 Å². The lowest BCUT2D eigenvalue weighted by Gasteiger charge is -2.07. The number of hydrogen-bond donors (Lipinski definition) is 2. The average Bonchev–Trinajstić information content (AvgIpc) is 3.31. The highest BCUT2D eigenvalue weighted by molar-refractivity contribution is 7.94. The van der Waals surface area contributed by atoms with Gasteiger partial charge in [0.1, 0.15) is 0 Å². The third kappa shape index (κ3) is 3.88. The maximum Gasteiger partial charge on any atom is 0.273 e. The van der Waals surface area contributed by atoms with Crippen molar-refractivity contribution in [2.45, 2.75) is 25.0 Å². The SMILES string of the molecule is CC(=O)Nc1nc(C)c(S(=O)(=O)Nc2ccc(-c3cn4c(C)csc4n3)cc2)s1. The van der Waals surface area contributed by atoms with Gasteiger partial charge in [-0.3, -0.25) is 13.9 Å². The first-order chi connectivity index (χ1) is 13.7. The highest BCUT2D eigenvalue weighted by atomic mass is 32.2. The second-order valence-electron chi connectivity index (χ2n) is 6.41. The molecule has 150 valence electrons. The Hall–Kier alpha value is -2.76. The van der Waals surface area contributed by atoms with Gasteiger partial charge in [-0.25, -0.2) is 18.4 Å². The molecule has 0 bridgehead atoms. The Morgan fingerprint density at radius 2 is 1.86 bits per heavy atom. The van der Waals surface area contributed by atoms with Crippen LogP contribution in [0.3, 0.4) is 0 Å². The van der Waals surface area contributed by atoms with E-state index in [1.54, 1.807) is 30.4 Å². The van der Waals surface area contributed by atoms with E-state index >= 15 is 0 Å². The van der Waals surface area contributed by atoms with Gasteiger partial charge in [0.25, 0.3) is 10.0 Å². The Kier molecular flexibility index (Phi) is 4.89. The number of carbonyl (C=O) groups is 1. The highest BCUT2D eigenvalue weighted by Crippen LogP contribution is 2.30. The minimum absolute atomic E-state index is 0.0649. The van der Waals surface area contributed by atoms with Gasteiger partial charge < -0.3 is 5.32 Å². The van der Waals surface area contributed by atoms with Crippen molar-refractivity contribution >= 4 is 54.4 Å². The number of anilines is 2. The van der Waals surface area contributed by atoms with E-state index in [1.807, 2.05) is 35.0 Å². The summed E-state index contributed by atoms with van der Waals surface area (Å²) in [4.78, 5) is 20.8. The number of aryl methyl sites for hydroxylation is 2. The van der Waals surface area contributed by atoms with Crippen molar-refractivity contribution in [2.24, 2.45) is 0 Å². The van der Waals surface area contributed by atoms with Gasteiger partial charge in [-0.2, -0.15) is 0 Å². The first kappa shape index (κ1) is 19.6. The van der Waals surface area contributed by atoms with E-state index in [9.17, 15) is 13.2 Å². The minimum Gasteiger partial charge on any atom is -0.302 e. The second kappa shape index (κ2) is 7.25. The van der Waals surface area contributed by atoms with Crippen molar-refractivity contribution in [3.63, 3.8) is 0 Å². The molecule has 0 saturated heterocycles. The van der Waals surface area contributed by atoms with Crippen molar-refractivity contribution < 1.29 is 13.2 Å². The van der Waals surface area contributed by atoms with Gasteiger partial charge in [0.05, 0.1) is 11.4 Å². The van der Waals surface area contributed by atoms with E-state index in [0.717, 1.165) is 33.2 Å². The summed E-state index contributed by atoms with van der Waals surface area (Å²) < 4.78 is 30.1. The van der Waals surface area contributed by atoms with Crippen molar-refractivity contribution in [1.82, 2.24) is 14.4 Å². The van der Waals surface area contributed by atoms with Gasteiger partial charge in [0, 0.05) is 35.4 Å². The van der Waals surface area contributed by atoms with Gasteiger partial charge in [-0.05, 0) is 26.0 Å². The molecule has 0 radical (unpaired) electrons. The molecule has 0 aliphatic carbocycles. The number of carbonyl (C=O) groups excluding carboxylic acids is 1. The molecule has 4 aromatic rings.